The van der Waals surface area contributed by atoms with Gasteiger partial charge >= 0.3 is 0 Å². The summed E-state index contributed by atoms with van der Waals surface area (Å²) in [6.07, 6.45) is 11.0. The van der Waals surface area contributed by atoms with Crippen LogP contribution in [-0.2, 0) is 4.79 Å². The SMILES string of the molecule is CC1(C(=O)NC(C(N)=NO)C2CCCCC2)CCCCC1. The second-order valence-electron chi connectivity index (χ2n) is 7.00. The number of hydrogen-bond acceptors (Lipinski definition) is 3. The minimum absolute atomic E-state index is 0.0735. The number of nitrogens with one attached hydrogen (secondary N) is 1. The Hall–Kier alpha value is -1.26. The van der Waals surface area contributed by atoms with Crippen molar-refractivity contribution in [1.29, 1.82) is 0 Å². The molecule has 5 nitrogen and oxygen atoms in total. The normalized spacial score (nSPS) is 25.3. The second-order valence-corrected chi connectivity index (χ2v) is 7.00. The van der Waals surface area contributed by atoms with E-state index in [9.17, 15) is 4.79 Å². The Labute approximate surface area is 127 Å². The third-order valence-corrected chi connectivity index (χ3v) is 5.35. The fourth-order valence-corrected chi connectivity index (χ4v) is 3.84. The van der Waals surface area contributed by atoms with Crippen LogP contribution in [0.3, 0.4) is 0 Å². The molecule has 0 aromatic carbocycles. The molecular weight excluding hydrogens is 266 g/mol. The molecule has 0 heterocycles. The molecule has 120 valence electrons. The topological polar surface area (TPSA) is 87.7 Å². The van der Waals surface area contributed by atoms with E-state index in [1.54, 1.807) is 0 Å². The molecule has 0 aliphatic heterocycles. The molecule has 2 saturated carbocycles. The Morgan fingerprint density at radius 3 is 2.33 bits per heavy atom. The van der Waals surface area contributed by atoms with Crippen LogP contribution in [0, 0.1) is 11.3 Å². The van der Waals surface area contributed by atoms with Gasteiger partial charge in [-0.15, -0.1) is 0 Å². The molecule has 5 heteroatoms. The molecule has 0 spiro atoms. The Bertz CT molecular complexity index is 383. The molecule has 1 unspecified atom stereocenters. The van der Waals surface area contributed by atoms with Crippen LogP contribution >= 0.6 is 0 Å². The maximum Gasteiger partial charge on any atom is 0.226 e. The lowest BCUT2D eigenvalue weighted by Crippen LogP contribution is -2.53. The first kappa shape index (κ1) is 16.1. The summed E-state index contributed by atoms with van der Waals surface area (Å²) < 4.78 is 0. The molecule has 1 atom stereocenters. The number of nitrogens with two attached hydrogens (primary N) is 1. The summed E-state index contributed by atoms with van der Waals surface area (Å²) in [6.45, 7) is 2.05. The Balaban J connectivity index is 2.05. The average Bonchev–Trinajstić information content (AvgIpc) is 2.53. The van der Waals surface area contributed by atoms with E-state index in [-0.39, 0.29) is 23.2 Å². The fourth-order valence-electron chi connectivity index (χ4n) is 3.84. The minimum Gasteiger partial charge on any atom is -0.409 e. The van der Waals surface area contributed by atoms with Crippen LogP contribution < -0.4 is 11.1 Å². The number of rotatable bonds is 4. The molecule has 21 heavy (non-hydrogen) atoms. The zero-order chi connectivity index (χ0) is 15.3. The molecule has 0 aromatic heterocycles. The van der Waals surface area contributed by atoms with Gasteiger partial charge in [0.15, 0.2) is 5.84 Å². The molecule has 4 N–H and O–H groups in total. The zero-order valence-electron chi connectivity index (χ0n) is 13.1. The summed E-state index contributed by atoms with van der Waals surface area (Å²) in [6, 6.07) is -0.318. The van der Waals surface area contributed by atoms with Crippen LogP contribution in [-0.4, -0.2) is 23.0 Å². The van der Waals surface area contributed by atoms with Crippen LogP contribution in [0.1, 0.15) is 71.1 Å². The lowest BCUT2D eigenvalue weighted by Gasteiger charge is -2.36. The van der Waals surface area contributed by atoms with Gasteiger partial charge in [0, 0.05) is 5.41 Å². The van der Waals surface area contributed by atoms with Gasteiger partial charge in [0.05, 0.1) is 6.04 Å². The molecule has 2 aliphatic carbocycles. The van der Waals surface area contributed by atoms with E-state index >= 15 is 0 Å². The lowest BCUT2D eigenvalue weighted by atomic mass is 9.74. The smallest absolute Gasteiger partial charge is 0.226 e. The summed E-state index contributed by atoms with van der Waals surface area (Å²) in [4.78, 5) is 12.7. The van der Waals surface area contributed by atoms with Gasteiger partial charge in [-0.25, -0.2) is 0 Å². The molecule has 2 fully saturated rings. The van der Waals surface area contributed by atoms with E-state index in [1.165, 1.54) is 12.8 Å². The first-order valence-electron chi connectivity index (χ1n) is 8.35. The predicted molar refractivity (Wildman–Crippen MR) is 83.1 cm³/mol. The van der Waals surface area contributed by atoms with Crippen LogP contribution in [0.5, 0.6) is 0 Å². The maximum absolute atomic E-state index is 12.7. The molecular formula is C16H29N3O2. The van der Waals surface area contributed by atoms with Gasteiger partial charge < -0.3 is 16.3 Å². The van der Waals surface area contributed by atoms with Crippen molar-refractivity contribution in [2.75, 3.05) is 0 Å². The van der Waals surface area contributed by atoms with Crippen molar-refractivity contribution in [3.63, 3.8) is 0 Å². The highest BCUT2D eigenvalue weighted by Gasteiger charge is 2.37. The summed E-state index contributed by atoms with van der Waals surface area (Å²) in [5.41, 5.74) is 5.56. The standard InChI is InChI=1S/C16H29N3O2/c1-16(10-6-3-7-11-16)15(20)18-13(14(17)19-21)12-8-4-2-5-9-12/h12-13,21H,2-11H2,1H3,(H2,17,19)(H,18,20). The number of nitrogens with zero attached hydrogens (tertiary/aromatic N) is 1. The fraction of sp³-hybridized carbons (Fsp3) is 0.875. The molecule has 2 rings (SSSR count). The van der Waals surface area contributed by atoms with Crippen molar-refractivity contribution in [2.45, 2.75) is 77.2 Å². The third-order valence-electron chi connectivity index (χ3n) is 5.35. The number of carbonyl (C=O) groups is 1. The quantitative estimate of drug-likeness (QED) is 0.322. The molecule has 2 aliphatic rings. The highest BCUT2D eigenvalue weighted by molar-refractivity contribution is 5.92. The van der Waals surface area contributed by atoms with Crippen molar-refractivity contribution in [3.8, 4) is 0 Å². The summed E-state index contributed by atoms with van der Waals surface area (Å²) in [5.74, 6) is 0.518. The van der Waals surface area contributed by atoms with E-state index in [0.717, 1.165) is 51.4 Å². The van der Waals surface area contributed by atoms with E-state index in [0.29, 0.717) is 5.92 Å². The first-order valence-corrected chi connectivity index (χ1v) is 8.35. The van der Waals surface area contributed by atoms with E-state index < -0.39 is 0 Å². The maximum atomic E-state index is 12.7. The number of hydrogen-bond donors (Lipinski definition) is 3. The van der Waals surface area contributed by atoms with Gasteiger partial charge in [-0.2, -0.15) is 0 Å². The van der Waals surface area contributed by atoms with Gasteiger partial charge in [0.1, 0.15) is 0 Å². The van der Waals surface area contributed by atoms with E-state index in [2.05, 4.69) is 10.5 Å². The summed E-state index contributed by atoms with van der Waals surface area (Å²) >= 11 is 0. The van der Waals surface area contributed by atoms with Crippen LogP contribution in [0.25, 0.3) is 0 Å². The van der Waals surface area contributed by atoms with Gasteiger partial charge in [-0.3, -0.25) is 4.79 Å². The number of amidine groups is 1. The van der Waals surface area contributed by atoms with Crippen LogP contribution in [0.2, 0.25) is 0 Å². The largest absolute Gasteiger partial charge is 0.409 e. The predicted octanol–water partition coefficient (Wildman–Crippen LogP) is 2.77. The Kier molecular flexibility index (Phi) is 5.48. The van der Waals surface area contributed by atoms with Gasteiger partial charge in [-0.05, 0) is 31.6 Å². The Morgan fingerprint density at radius 2 is 1.76 bits per heavy atom. The van der Waals surface area contributed by atoms with Crippen LogP contribution in [0.15, 0.2) is 5.16 Å². The molecule has 0 radical (unpaired) electrons. The first-order chi connectivity index (χ1) is 10.1. The van der Waals surface area contributed by atoms with Gasteiger partial charge in [0.2, 0.25) is 5.91 Å². The molecule has 1 amide bonds. The van der Waals surface area contributed by atoms with Crippen molar-refractivity contribution in [1.82, 2.24) is 5.32 Å². The van der Waals surface area contributed by atoms with Crippen molar-refractivity contribution in [3.05, 3.63) is 0 Å². The van der Waals surface area contributed by atoms with Gasteiger partial charge in [-0.1, -0.05) is 50.6 Å². The third kappa shape index (κ3) is 3.89. The summed E-state index contributed by atoms with van der Waals surface area (Å²) in [7, 11) is 0. The Morgan fingerprint density at radius 1 is 1.19 bits per heavy atom. The zero-order valence-corrected chi connectivity index (χ0v) is 13.1. The number of carbonyl (C=O) groups excluding carboxylic acids is 1. The van der Waals surface area contributed by atoms with Crippen molar-refractivity contribution < 1.29 is 10.0 Å². The molecule has 0 aromatic rings. The highest BCUT2D eigenvalue weighted by Crippen LogP contribution is 2.36. The lowest BCUT2D eigenvalue weighted by molar-refractivity contribution is -0.132. The number of amides is 1. The average molecular weight is 295 g/mol. The van der Waals surface area contributed by atoms with Crippen LogP contribution in [0.4, 0.5) is 0 Å². The van der Waals surface area contributed by atoms with E-state index in [4.69, 9.17) is 10.9 Å². The van der Waals surface area contributed by atoms with Crippen molar-refractivity contribution in [2.24, 2.45) is 22.2 Å². The monoisotopic (exact) mass is 295 g/mol. The number of oxime groups is 1. The van der Waals surface area contributed by atoms with E-state index in [1.807, 2.05) is 6.92 Å². The van der Waals surface area contributed by atoms with Gasteiger partial charge in [0.25, 0.3) is 0 Å². The minimum atomic E-state index is -0.318. The highest BCUT2D eigenvalue weighted by atomic mass is 16.4. The molecule has 0 saturated heterocycles. The summed E-state index contributed by atoms with van der Waals surface area (Å²) in [5, 5.41) is 15.3. The van der Waals surface area contributed by atoms with Crippen molar-refractivity contribution >= 4 is 11.7 Å². The molecule has 0 bridgehead atoms. The second kappa shape index (κ2) is 7.14.